The first kappa shape index (κ1) is 26.6. The van der Waals surface area contributed by atoms with Gasteiger partial charge in [-0.05, 0) is 43.0 Å². The van der Waals surface area contributed by atoms with E-state index >= 15 is 0 Å². The average Bonchev–Trinajstić information content (AvgIpc) is 3.26. The molecular formula is C24H33IN6O2. The molecule has 3 aromatic rings. The summed E-state index contributed by atoms with van der Waals surface area (Å²) in [7, 11) is 1.75. The molecule has 2 aromatic heterocycles. The standard InChI is InChI=1S/C24H32N6O2.HI/c1-17(2)11-14-31-21-15-18(3)8-9-19(21)16-28-24(25-4)27-13-10-22-29-23(32-30-22)20-7-5-6-12-26-20;/h5-9,12,15,17H,10-11,13-14,16H2,1-4H3,(H2,25,27,28);1H. The Morgan fingerprint density at radius 3 is 2.76 bits per heavy atom. The number of nitrogens with one attached hydrogen (secondary N) is 2. The van der Waals surface area contributed by atoms with Gasteiger partial charge < -0.3 is 19.9 Å². The van der Waals surface area contributed by atoms with Gasteiger partial charge in [0.1, 0.15) is 11.4 Å². The summed E-state index contributed by atoms with van der Waals surface area (Å²) in [5.41, 5.74) is 2.95. The van der Waals surface area contributed by atoms with Gasteiger partial charge in [0.25, 0.3) is 5.89 Å². The van der Waals surface area contributed by atoms with Gasteiger partial charge in [-0.2, -0.15) is 4.98 Å². The third-order valence-electron chi connectivity index (χ3n) is 4.84. The van der Waals surface area contributed by atoms with Gasteiger partial charge in [-0.25, -0.2) is 0 Å². The molecule has 0 aliphatic rings. The summed E-state index contributed by atoms with van der Waals surface area (Å²) in [5.74, 6) is 3.28. The lowest BCUT2D eigenvalue weighted by Crippen LogP contribution is -2.38. The number of ether oxygens (including phenoxy) is 1. The molecule has 0 saturated heterocycles. The molecule has 0 atom stereocenters. The van der Waals surface area contributed by atoms with Crippen LogP contribution in [0, 0.1) is 12.8 Å². The summed E-state index contributed by atoms with van der Waals surface area (Å²) in [6.45, 7) is 8.42. The smallest absolute Gasteiger partial charge is 0.276 e. The van der Waals surface area contributed by atoms with E-state index in [9.17, 15) is 0 Å². The van der Waals surface area contributed by atoms with E-state index in [1.54, 1.807) is 13.2 Å². The average molecular weight is 564 g/mol. The van der Waals surface area contributed by atoms with E-state index in [4.69, 9.17) is 9.26 Å². The summed E-state index contributed by atoms with van der Waals surface area (Å²) in [6, 6.07) is 11.9. The fourth-order valence-electron chi connectivity index (χ4n) is 2.99. The van der Waals surface area contributed by atoms with Gasteiger partial charge in [0, 0.05) is 38.3 Å². The van der Waals surface area contributed by atoms with E-state index < -0.39 is 0 Å². The van der Waals surface area contributed by atoms with Crippen molar-refractivity contribution >= 4 is 29.9 Å². The molecule has 0 fully saturated rings. The molecule has 0 aliphatic carbocycles. The van der Waals surface area contributed by atoms with Crippen LogP contribution in [0.25, 0.3) is 11.6 Å². The van der Waals surface area contributed by atoms with Crippen LogP contribution in [-0.2, 0) is 13.0 Å². The Morgan fingerprint density at radius 1 is 1.18 bits per heavy atom. The number of aryl methyl sites for hydroxylation is 1. The Kier molecular flexibility index (Phi) is 11.1. The number of halogens is 1. The Bertz CT molecular complexity index is 1010. The lowest BCUT2D eigenvalue weighted by atomic mass is 10.1. The molecule has 8 nitrogen and oxygen atoms in total. The number of benzene rings is 1. The van der Waals surface area contributed by atoms with Crippen molar-refractivity contribution in [3.8, 4) is 17.3 Å². The molecule has 0 amide bonds. The highest BCUT2D eigenvalue weighted by molar-refractivity contribution is 14.0. The molecule has 0 radical (unpaired) electrons. The number of pyridine rings is 1. The summed E-state index contributed by atoms with van der Waals surface area (Å²) >= 11 is 0. The normalized spacial score (nSPS) is 11.2. The lowest BCUT2D eigenvalue weighted by Gasteiger charge is -2.16. The van der Waals surface area contributed by atoms with Crippen LogP contribution >= 0.6 is 24.0 Å². The van der Waals surface area contributed by atoms with E-state index in [1.165, 1.54) is 5.56 Å². The van der Waals surface area contributed by atoms with Crippen molar-refractivity contribution in [3.05, 3.63) is 59.5 Å². The third kappa shape index (κ3) is 8.64. The minimum Gasteiger partial charge on any atom is -0.493 e. The molecule has 2 heterocycles. The third-order valence-corrected chi connectivity index (χ3v) is 4.84. The minimum absolute atomic E-state index is 0. The van der Waals surface area contributed by atoms with Crippen LogP contribution < -0.4 is 15.4 Å². The SMILES string of the molecule is CN=C(NCCc1noc(-c2ccccn2)n1)NCc1ccc(C)cc1OCCC(C)C.I. The highest BCUT2D eigenvalue weighted by atomic mass is 127. The van der Waals surface area contributed by atoms with Crippen molar-refractivity contribution in [2.75, 3.05) is 20.2 Å². The van der Waals surface area contributed by atoms with Crippen molar-refractivity contribution < 1.29 is 9.26 Å². The minimum atomic E-state index is 0. The first-order valence-electron chi connectivity index (χ1n) is 11.0. The lowest BCUT2D eigenvalue weighted by molar-refractivity contribution is 0.286. The van der Waals surface area contributed by atoms with Crippen LogP contribution in [-0.4, -0.2) is 41.3 Å². The molecule has 0 spiro atoms. The number of hydrogen-bond donors (Lipinski definition) is 2. The number of guanidine groups is 1. The molecule has 0 bridgehead atoms. The number of aromatic nitrogens is 3. The summed E-state index contributed by atoms with van der Waals surface area (Å²) in [6.07, 6.45) is 3.33. The van der Waals surface area contributed by atoms with E-state index in [2.05, 4.69) is 69.7 Å². The van der Waals surface area contributed by atoms with Gasteiger partial charge in [-0.15, -0.1) is 24.0 Å². The van der Waals surface area contributed by atoms with Gasteiger partial charge in [-0.3, -0.25) is 9.98 Å². The van der Waals surface area contributed by atoms with Crippen LogP contribution in [0.5, 0.6) is 5.75 Å². The second-order valence-electron chi connectivity index (χ2n) is 7.98. The zero-order valence-electron chi connectivity index (χ0n) is 19.7. The van der Waals surface area contributed by atoms with Crippen LogP contribution in [0.3, 0.4) is 0 Å². The molecule has 2 N–H and O–H groups in total. The zero-order chi connectivity index (χ0) is 22.8. The van der Waals surface area contributed by atoms with Crippen LogP contribution in [0.4, 0.5) is 0 Å². The Balaban J connectivity index is 0.00000385. The van der Waals surface area contributed by atoms with Crippen molar-refractivity contribution in [1.29, 1.82) is 0 Å². The van der Waals surface area contributed by atoms with Crippen molar-refractivity contribution in [2.24, 2.45) is 10.9 Å². The largest absolute Gasteiger partial charge is 0.493 e. The van der Waals surface area contributed by atoms with Crippen LogP contribution in [0.1, 0.15) is 37.2 Å². The topological polar surface area (TPSA) is 97.5 Å². The first-order chi connectivity index (χ1) is 15.5. The maximum Gasteiger partial charge on any atom is 0.276 e. The second-order valence-corrected chi connectivity index (χ2v) is 7.98. The predicted molar refractivity (Wildman–Crippen MR) is 141 cm³/mol. The maximum atomic E-state index is 6.04. The molecule has 9 heteroatoms. The van der Waals surface area contributed by atoms with Crippen LogP contribution in [0.15, 0.2) is 52.1 Å². The molecular weight excluding hydrogens is 531 g/mol. The molecule has 3 rings (SSSR count). The van der Waals surface area contributed by atoms with Gasteiger partial charge >= 0.3 is 0 Å². The van der Waals surface area contributed by atoms with Crippen LogP contribution in [0.2, 0.25) is 0 Å². The Morgan fingerprint density at radius 2 is 2.03 bits per heavy atom. The number of aliphatic imine (C=N–C) groups is 1. The highest BCUT2D eigenvalue weighted by Gasteiger charge is 2.10. The summed E-state index contributed by atoms with van der Waals surface area (Å²) in [5, 5.41) is 10.7. The fourth-order valence-corrected chi connectivity index (χ4v) is 2.99. The molecule has 33 heavy (non-hydrogen) atoms. The number of nitrogens with zero attached hydrogens (tertiary/aromatic N) is 4. The van der Waals surface area contributed by atoms with Gasteiger partial charge in [-0.1, -0.05) is 37.2 Å². The van der Waals surface area contributed by atoms with E-state index in [0.717, 1.165) is 17.7 Å². The Labute approximate surface area is 212 Å². The van der Waals surface area contributed by atoms with Crippen molar-refractivity contribution in [3.63, 3.8) is 0 Å². The molecule has 178 valence electrons. The maximum absolute atomic E-state index is 6.04. The summed E-state index contributed by atoms with van der Waals surface area (Å²) < 4.78 is 11.3. The van der Waals surface area contributed by atoms with E-state index in [-0.39, 0.29) is 24.0 Å². The second kappa shape index (κ2) is 13.8. The first-order valence-corrected chi connectivity index (χ1v) is 11.0. The van der Waals surface area contributed by atoms with E-state index in [1.807, 2.05) is 18.2 Å². The molecule has 1 aromatic carbocycles. The number of rotatable bonds is 10. The zero-order valence-corrected chi connectivity index (χ0v) is 22.0. The quantitative estimate of drug-likeness (QED) is 0.214. The van der Waals surface area contributed by atoms with Crippen molar-refractivity contribution in [2.45, 2.75) is 40.2 Å². The molecule has 0 unspecified atom stereocenters. The molecule has 0 saturated carbocycles. The molecule has 0 aliphatic heterocycles. The van der Waals surface area contributed by atoms with Gasteiger partial charge in [0.15, 0.2) is 11.8 Å². The highest BCUT2D eigenvalue weighted by Crippen LogP contribution is 2.21. The Hall–Kier alpha value is -2.69. The number of hydrogen-bond acceptors (Lipinski definition) is 6. The van der Waals surface area contributed by atoms with Crippen molar-refractivity contribution in [1.82, 2.24) is 25.8 Å². The summed E-state index contributed by atoms with van der Waals surface area (Å²) in [4.78, 5) is 12.9. The van der Waals surface area contributed by atoms with Gasteiger partial charge in [0.05, 0.1) is 6.61 Å². The van der Waals surface area contributed by atoms with Gasteiger partial charge in [0.2, 0.25) is 0 Å². The fraction of sp³-hybridized carbons (Fsp3) is 0.417. The monoisotopic (exact) mass is 564 g/mol. The predicted octanol–water partition coefficient (Wildman–Crippen LogP) is 4.39. The van der Waals surface area contributed by atoms with E-state index in [0.29, 0.717) is 55.4 Å².